The van der Waals surface area contributed by atoms with Crippen molar-refractivity contribution in [1.29, 1.82) is 0 Å². The summed E-state index contributed by atoms with van der Waals surface area (Å²) in [6.45, 7) is 5.69. The van der Waals surface area contributed by atoms with Crippen LogP contribution in [0, 0.1) is 20.8 Å². The molecule has 0 atom stereocenters. The minimum atomic E-state index is -0.387. The lowest BCUT2D eigenvalue weighted by molar-refractivity contribution is 0.262. The quantitative estimate of drug-likeness (QED) is 0.514. The average Bonchev–Trinajstić information content (AvgIpc) is 3.29. The molecule has 0 radical (unpaired) electrons. The van der Waals surface area contributed by atoms with Crippen molar-refractivity contribution in [2.24, 2.45) is 7.05 Å². The summed E-state index contributed by atoms with van der Waals surface area (Å²) in [7, 11) is 1.80. The average molecular weight is 365 g/mol. The molecule has 4 aromatic rings. The molecule has 3 N–H and O–H groups in total. The smallest absolute Gasteiger partial charge is 0.324 e. The molecule has 0 saturated heterocycles. The fourth-order valence-corrected chi connectivity index (χ4v) is 3.01. The Morgan fingerprint density at radius 1 is 1.22 bits per heavy atom. The number of oxazole rings is 1. The van der Waals surface area contributed by atoms with Crippen LogP contribution in [0.5, 0.6) is 0 Å². The summed E-state index contributed by atoms with van der Waals surface area (Å²) in [5.41, 5.74) is 4.73. The highest BCUT2D eigenvalue weighted by Gasteiger charge is 2.16. The van der Waals surface area contributed by atoms with Crippen molar-refractivity contribution in [2.45, 2.75) is 20.8 Å². The SMILES string of the molecule is Cc1coc(-c2cc(NC(=O)Nc3[nH]nc4c3c(C)nn4C)ccc2C)n1. The number of carbonyl (C=O) groups excluding carboxylic acids is 1. The lowest BCUT2D eigenvalue weighted by atomic mass is 10.1. The molecule has 0 fully saturated rings. The minimum absolute atomic E-state index is 0.387. The Hall–Kier alpha value is -3.62. The number of nitrogens with one attached hydrogen (secondary N) is 3. The van der Waals surface area contributed by atoms with Crippen molar-refractivity contribution < 1.29 is 9.21 Å². The zero-order chi connectivity index (χ0) is 19.1. The van der Waals surface area contributed by atoms with Gasteiger partial charge < -0.3 is 9.73 Å². The number of hydrogen-bond donors (Lipinski definition) is 3. The number of aromatic amines is 1. The lowest BCUT2D eigenvalue weighted by Crippen LogP contribution is -2.20. The van der Waals surface area contributed by atoms with Crippen molar-refractivity contribution in [3.05, 3.63) is 41.4 Å². The molecular weight excluding hydrogens is 346 g/mol. The molecular formula is C18H19N7O2. The van der Waals surface area contributed by atoms with Crippen LogP contribution < -0.4 is 10.6 Å². The molecule has 0 aliphatic carbocycles. The molecule has 0 aliphatic heterocycles. The van der Waals surface area contributed by atoms with Crippen LogP contribution in [0.4, 0.5) is 16.3 Å². The van der Waals surface area contributed by atoms with E-state index in [1.54, 1.807) is 18.0 Å². The Kier molecular flexibility index (Phi) is 3.91. The number of aromatic nitrogens is 5. The maximum absolute atomic E-state index is 12.4. The lowest BCUT2D eigenvalue weighted by Gasteiger charge is -2.09. The molecule has 9 heteroatoms. The van der Waals surface area contributed by atoms with Crippen LogP contribution in [-0.2, 0) is 7.05 Å². The van der Waals surface area contributed by atoms with Gasteiger partial charge in [0, 0.05) is 18.3 Å². The summed E-state index contributed by atoms with van der Waals surface area (Å²) in [5, 5.41) is 17.7. The fourth-order valence-electron chi connectivity index (χ4n) is 3.01. The summed E-state index contributed by atoms with van der Waals surface area (Å²) in [6, 6.07) is 5.18. The number of hydrogen-bond acceptors (Lipinski definition) is 5. The molecule has 0 aliphatic rings. The van der Waals surface area contributed by atoms with E-state index in [0.29, 0.717) is 23.0 Å². The Morgan fingerprint density at radius 3 is 2.78 bits per heavy atom. The van der Waals surface area contributed by atoms with Gasteiger partial charge in [-0.05, 0) is 38.5 Å². The number of aryl methyl sites for hydroxylation is 4. The Balaban J connectivity index is 1.56. The van der Waals surface area contributed by atoms with E-state index >= 15 is 0 Å². The molecule has 3 heterocycles. The van der Waals surface area contributed by atoms with Crippen LogP contribution in [-0.4, -0.2) is 31.0 Å². The van der Waals surface area contributed by atoms with Gasteiger partial charge in [0.05, 0.1) is 16.8 Å². The van der Waals surface area contributed by atoms with Gasteiger partial charge in [-0.25, -0.2) is 14.5 Å². The van der Waals surface area contributed by atoms with Crippen molar-refractivity contribution in [3.63, 3.8) is 0 Å². The third kappa shape index (κ3) is 3.03. The van der Waals surface area contributed by atoms with Crippen molar-refractivity contribution in [2.75, 3.05) is 10.6 Å². The zero-order valence-electron chi connectivity index (χ0n) is 15.4. The van der Waals surface area contributed by atoms with Crippen LogP contribution in [0.1, 0.15) is 17.0 Å². The van der Waals surface area contributed by atoms with Crippen LogP contribution in [0.3, 0.4) is 0 Å². The van der Waals surface area contributed by atoms with Gasteiger partial charge in [-0.3, -0.25) is 10.4 Å². The van der Waals surface area contributed by atoms with Gasteiger partial charge in [0.15, 0.2) is 5.65 Å². The zero-order valence-corrected chi connectivity index (χ0v) is 15.4. The number of fused-ring (bicyclic) bond motifs is 1. The monoisotopic (exact) mass is 365 g/mol. The number of H-pyrrole nitrogens is 1. The Labute approximate surface area is 154 Å². The van der Waals surface area contributed by atoms with Gasteiger partial charge in [0.1, 0.15) is 12.1 Å². The first kappa shape index (κ1) is 16.8. The standard InChI is InChI=1S/C18H19N7O2/c1-9-5-6-12(7-13(9)17-19-10(2)8-27-17)20-18(26)21-15-14-11(3)24-25(4)16(14)23-22-15/h5-8H,1-4H3,(H3,20,21,22,23,26). The van der Waals surface area contributed by atoms with Crippen molar-refractivity contribution in [3.8, 4) is 11.5 Å². The summed E-state index contributed by atoms with van der Waals surface area (Å²) in [4.78, 5) is 16.8. The van der Waals surface area contributed by atoms with E-state index in [-0.39, 0.29) is 6.03 Å². The fraction of sp³-hybridized carbons (Fsp3) is 0.222. The minimum Gasteiger partial charge on any atom is -0.444 e. The number of amides is 2. The van der Waals surface area contributed by atoms with Gasteiger partial charge in [0.2, 0.25) is 5.89 Å². The van der Waals surface area contributed by atoms with E-state index in [0.717, 1.165) is 27.9 Å². The second-order valence-corrected chi connectivity index (χ2v) is 6.41. The van der Waals surface area contributed by atoms with E-state index < -0.39 is 0 Å². The van der Waals surface area contributed by atoms with Gasteiger partial charge in [-0.15, -0.1) is 0 Å². The molecule has 0 bridgehead atoms. The summed E-state index contributed by atoms with van der Waals surface area (Å²) >= 11 is 0. The van der Waals surface area contributed by atoms with Crippen molar-refractivity contribution in [1.82, 2.24) is 25.0 Å². The van der Waals surface area contributed by atoms with E-state index in [4.69, 9.17) is 4.42 Å². The Bertz CT molecular complexity index is 1150. The summed E-state index contributed by atoms with van der Waals surface area (Å²) in [5.74, 6) is 1.03. The highest BCUT2D eigenvalue weighted by Crippen LogP contribution is 2.27. The second kappa shape index (κ2) is 6.27. The first-order chi connectivity index (χ1) is 12.9. The number of anilines is 2. The van der Waals surface area contributed by atoms with Gasteiger partial charge in [-0.2, -0.15) is 10.2 Å². The number of carbonyl (C=O) groups is 1. The predicted molar refractivity (Wildman–Crippen MR) is 102 cm³/mol. The number of rotatable bonds is 3. The Morgan fingerprint density at radius 2 is 2.04 bits per heavy atom. The molecule has 0 unspecified atom stereocenters. The number of urea groups is 1. The van der Waals surface area contributed by atoms with Crippen LogP contribution in [0.25, 0.3) is 22.5 Å². The van der Waals surface area contributed by atoms with E-state index in [1.807, 2.05) is 39.0 Å². The molecule has 0 spiro atoms. The van der Waals surface area contributed by atoms with E-state index in [2.05, 4.69) is 30.9 Å². The molecule has 0 saturated carbocycles. The maximum Gasteiger partial charge on any atom is 0.324 e. The van der Waals surface area contributed by atoms with E-state index in [1.165, 1.54) is 0 Å². The van der Waals surface area contributed by atoms with Crippen LogP contribution >= 0.6 is 0 Å². The van der Waals surface area contributed by atoms with E-state index in [9.17, 15) is 4.79 Å². The normalized spacial score (nSPS) is 11.1. The number of benzene rings is 1. The maximum atomic E-state index is 12.4. The first-order valence-corrected chi connectivity index (χ1v) is 8.41. The highest BCUT2D eigenvalue weighted by atomic mass is 16.3. The first-order valence-electron chi connectivity index (χ1n) is 8.41. The molecule has 27 heavy (non-hydrogen) atoms. The molecule has 2 amide bonds. The summed E-state index contributed by atoms with van der Waals surface area (Å²) < 4.78 is 7.14. The van der Waals surface area contributed by atoms with Gasteiger partial charge >= 0.3 is 6.03 Å². The third-order valence-corrected chi connectivity index (χ3v) is 4.30. The molecule has 4 rings (SSSR count). The predicted octanol–water partition coefficient (Wildman–Crippen LogP) is 3.52. The largest absolute Gasteiger partial charge is 0.444 e. The molecule has 3 aromatic heterocycles. The number of nitrogens with zero attached hydrogens (tertiary/aromatic N) is 4. The van der Waals surface area contributed by atoms with Gasteiger partial charge in [-0.1, -0.05) is 6.07 Å². The molecule has 9 nitrogen and oxygen atoms in total. The summed E-state index contributed by atoms with van der Waals surface area (Å²) in [6.07, 6.45) is 1.60. The molecule has 138 valence electrons. The van der Waals surface area contributed by atoms with Gasteiger partial charge in [0.25, 0.3) is 0 Å². The van der Waals surface area contributed by atoms with Crippen LogP contribution in [0.15, 0.2) is 28.9 Å². The highest BCUT2D eigenvalue weighted by molar-refractivity contribution is 6.04. The third-order valence-electron chi connectivity index (χ3n) is 4.30. The second-order valence-electron chi connectivity index (χ2n) is 6.41. The van der Waals surface area contributed by atoms with Crippen molar-refractivity contribution >= 4 is 28.6 Å². The van der Waals surface area contributed by atoms with Crippen LogP contribution in [0.2, 0.25) is 0 Å². The molecule has 1 aromatic carbocycles. The topological polar surface area (TPSA) is 114 Å².